The maximum absolute atomic E-state index is 6.40. The number of thiazole rings is 1. The summed E-state index contributed by atoms with van der Waals surface area (Å²) in [7, 11) is 0. The number of hydrogen-bond acceptors (Lipinski definition) is 6. The van der Waals surface area contributed by atoms with E-state index >= 15 is 0 Å². The predicted molar refractivity (Wildman–Crippen MR) is 122 cm³/mol. The molecule has 1 heterocycles. The third kappa shape index (κ3) is 5.49. The van der Waals surface area contributed by atoms with Crippen molar-refractivity contribution in [3.05, 3.63) is 57.9 Å². The molecule has 2 aromatic carbocycles. The molecule has 7 heteroatoms. The van der Waals surface area contributed by atoms with Crippen molar-refractivity contribution in [2.24, 2.45) is 5.10 Å². The zero-order chi connectivity index (χ0) is 20.6. The maximum Gasteiger partial charge on any atom is 0.204 e. The van der Waals surface area contributed by atoms with Gasteiger partial charge in [-0.2, -0.15) is 5.10 Å². The average molecular weight is 430 g/mol. The van der Waals surface area contributed by atoms with Crippen molar-refractivity contribution >= 4 is 34.3 Å². The van der Waals surface area contributed by atoms with Gasteiger partial charge in [-0.25, -0.2) is 4.98 Å². The van der Waals surface area contributed by atoms with Gasteiger partial charge in [0.05, 0.1) is 30.1 Å². The van der Waals surface area contributed by atoms with Crippen molar-refractivity contribution in [2.45, 2.75) is 27.2 Å². The molecule has 3 rings (SSSR count). The Bertz CT molecular complexity index is 974. The Hall–Kier alpha value is -2.57. The van der Waals surface area contributed by atoms with Crippen LogP contribution in [0.2, 0.25) is 5.02 Å². The van der Waals surface area contributed by atoms with Gasteiger partial charge < -0.3 is 9.47 Å². The minimum atomic E-state index is 0.502. The summed E-state index contributed by atoms with van der Waals surface area (Å²) in [5.74, 6) is 1.19. The number of anilines is 1. The quantitative estimate of drug-likeness (QED) is 0.315. The minimum Gasteiger partial charge on any atom is -0.490 e. The molecular weight excluding hydrogens is 406 g/mol. The number of aryl methyl sites for hydroxylation is 1. The molecule has 1 aromatic heterocycles. The highest BCUT2D eigenvalue weighted by molar-refractivity contribution is 7.15. The van der Waals surface area contributed by atoms with E-state index in [0.29, 0.717) is 29.7 Å². The number of ether oxygens (including phenoxy) is 2. The van der Waals surface area contributed by atoms with Crippen LogP contribution in [0.3, 0.4) is 0 Å². The number of nitrogens with zero attached hydrogens (tertiary/aromatic N) is 2. The lowest BCUT2D eigenvalue weighted by Gasteiger charge is -2.13. The van der Waals surface area contributed by atoms with Crippen molar-refractivity contribution < 1.29 is 9.47 Å². The fourth-order valence-corrected chi connectivity index (χ4v) is 3.80. The highest BCUT2D eigenvalue weighted by atomic mass is 35.5. The van der Waals surface area contributed by atoms with Gasteiger partial charge in [-0.05, 0) is 38.0 Å². The molecule has 0 atom stereocenters. The summed E-state index contributed by atoms with van der Waals surface area (Å²) in [6.07, 6.45) is 2.59. The molecule has 0 spiro atoms. The van der Waals surface area contributed by atoms with E-state index in [1.807, 2.05) is 44.2 Å². The standard InChI is InChI=1S/C22H24ClN3O2S/c1-4-11-28-21-18(23)12-16(13-19(21)27-5-2)14-24-26-22-25-20(15(3)29-22)17-9-7-6-8-10-17/h6-10,12-14H,4-5,11H2,1-3H3,(H,25,26)/b24-14-. The summed E-state index contributed by atoms with van der Waals surface area (Å²) < 4.78 is 11.4. The second-order valence-corrected chi connectivity index (χ2v) is 7.88. The molecule has 0 fully saturated rings. The topological polar surface area (TPSA) is 55.7 Å². The van der Waals surface area contributed by atoms with E-state index in [1.165, 1.54) is 0 Å². The summed E-state index contributed by atoms with van der Waals surface area (Å²) in [6, 6.07) is 13.8. The van der Waals surface area contributed by atoms with Crippen LogP contribution in [0, 0.1) is 6.92 Å². The number of aromatic nitrogens is 1. The van der Waals surface area contributed by atoms with Gasteiger partial charge in [0.1, 0.15) is 0 Å². The summed E-state index contributed by atoms with van der Waals surface area (Å²) in [4.78, 5) is 5.78. The number of hydrogen-bond donors (Lipinski definition) is 1. The molecule has 0 aliphatic heterocycles. The largest absolute Gasteiger partial charge is 0.490 e. The number of nitrogens with one attached hydrogen (secondary N) is 1. The van der Waals surface area contributed by atoms with Crippen LogP contribution in [0.4, 0.5) is 5.13 Å². The lowest BCUT2D eigenvalue weighted by atomic mass is 10.1. The molecule has 3 aromatic rings. The first-order valence-corrected chi connectivity index (χ1v) is 10.7. The lowest BCUT2D eigenvalue weighted by Crippen LogP contribution is -2.02. The second kappa shape index (κ2) is 10.3. The van der Waals surface area contributed by atoms with Crippen LogP contribution < -0.4 is 14.9 Å². The molecule has 0 aliphatic carbocycles. The van der Waals surface area contributed by atoms with Gasteiger partial charge in [-0.3, -0.25) is 5.43 Å². The van der Waals surface area contributed by atoms with E-state index in [-0.39, 0.29) is 0 Å². The Labute approximate surface area is 180 Å². The molecule has 0 amide bonds. The van der Waals surface area contributed by atoms with Crippen molar-refractivity contribution in [3.8, 4) is 22.8 Å². The minimum absolute atomic E-state index is 0.502. The van der Waals surface area contributed by atoms with Crippen molar-refractivity contribution in [1.29, 1.82) is 0 Å². The summed E-state index contributed by atoms with van der Waals surface area (Å²) in [5, 5.41) is 5.55. The Balaban J connectivity index is 1.75. The van der Waals surface area contributed by atoms with Crippen molar-refractivity contribution in [2.75, 3.05) is 18.6 Å². The van der Waals surface area contributed by atoms with E-state index < -0.39 is 0 Å². The number of benzene rings is 2. The molecule has 0 saturated heterocycles. The fraction of sp³-hybridized carbons (Fsp3) is 0.273. The smallest absolute Gasteiger partial charge is 0.204 e. The Kier molecular flexibility index (Phi) is 7.49. The number of hydrazone groups is 1. The van der Waals surface area contributed by atoms with Crippen LogP contribution >= 0.6 is 22.9 Å². The second-order valence-electron chi connectivity index (χ2n) is 6.27. The molecule has 5 nitrogen and oxygen atoms in total. The molecule has 29 heavy (non-hydrogen) atoms. The fourth-order valence-electron chi connectivity index (χ4n) is 2.74. The first kappa shape index (κ1) is 21.1. The van der Waals surface area contributed by atoms with E-state index in [1.54, 1.807) is 17.6 Å². The van der Waals surface area contributed by atoms with E-state index in [9.17, 15) is 0 Å². The average Bonchev–Trinajstić information content (AvgIpc) is 3.09. The Morgan fingerprint density at radius 3 is 2.69 bits per heavy atom. The van der Waals surface area contributed by atoms with E-state index in [2.05, 4.69) is 34.6 Å². The monoisotopic (exact) mass is 429 g/mol. The third-order valence-electron chi connectivity index (χ3n) is 4.00. The van der Waals surface area contributed by atoms with Gasteiger partial charge in [0.2, 0.25) is 5.13 Å². The molecule has 0 aliphatic rings. The molecule has 0 saturated carbocycles. The van der Waals surface area contributed by atoms with Crippen LogP contribution in [-0.2, 0) is 0 Å². The zero-order valence-corrected chi connectivity index (χ0v) is 18.3. The van der Waals surface area contributed by atoms with Crippen LogP contribution in [0.25, 0.3) is 11.3 Å². The molecule has 0 unspecified atom stereocenters. The summed E-state index contributed by atoms with van der Waals surface area (Å²) in [5.41, 5.74) is 5.87. The SMILES string of the molecule is CCCOc1c(Cl)cc(/C=N\Nc2nc(-c3ccccc3)c(C)s2)cc1OCC. The van der Waals surface area contributed by atoms with Crippen LogP contribution in [-0.4, -0.2) is 24.4 Å². The summed E-state index contributed by atoms with van der Waals surface area (Å²) >= 11 is 7.96. The van der Waals surface area contributed by atoms with Gasteiger partial charge in [0.15, 0.2) is 11.5 Å². The van der Waals surface area contributed by atoms with E-state index in [4.69, 9.17) is 21.1 Å². The van der Waals surface area contributed by atoms with Crippen molar-refractivity contribution in [3.63, 3.8) is 0 Å². The van der Waals surface area contributed by atoms with Crippen molar-refractivity contribution in [1.82, 2.24) is 4.98 Å². The van der Waals surface area contributed by atoms with Crippen LogP contribution in [0.15, 0.2) is 47.6 Å². The molecule has 1 N–H and O–H groups in total. The zero-order valence-electron chi connectivity index (χ0n) is 16.7. The Morgan fingerprint density at radius 1 is 1.17 bits per heavy atom. The van der Waals surface area contributed by atoms with Gasteiger partial charge in [0.25, 0.3) is 0 Å². The molecular formula is C22H24ClN3O2S. The Morgan fingerprint density at radius 2 is 1.97 bits per heavy atom. The number of rotatable bonds is 9. The third-order valence-corrected chi connectivity index (χ3v) is 5.16. The van der Waals surface area contributed by atoms with Crippen LogP contribution in [0.5, 0.6) is 11.5 Å². The maximum atomic E-state index is 6.40. The lowest BCUT2D eigenvalue weighted by molar-refractivity contribution is 0.277. The number of halogens is 1. The molecule has 0 bridgehead atoms. The highest BCUT2D eigenvalue weighted by Gasteiger charge is 2.12. The highest BCUT2D eigenvalue weighted by Crippen LogP contribution is 2.36. The molecule has 152 valence electrons. The molecule has 0 radical (unpaired) electrons. The van der Waals surface area contributed by atoms with Gasteiger partial charge in [-0.15, -0.1) is 11.3 Å². The van der Waals surface area contributed by atoms with Gasteiger partial charge >= 0.3 is 0 Å². The normalized spacial score (nSPS) is 11.0. The predicted octanol–water partition coefficient (Wildman–Crippen LogP) is 6.41. The van der Waals surface area contributed by atoms with Crippen LogP contribution in [0.1, 0.15) is 30.7 Å². The van der Waals surface area contributed by atoms with Gasteiger partial charge in [0, 0.05) is 10.4 Å². The summed E-state index contributed by atoms with van der Waals surface area (Å²) in [6.45, 7) is 7.14. The van der Waals surface area contributed by atoms with E-state index in [0.717, 1.165) is 33.3 Å². The van der Waals surface area contributed by atoms with Gasteiger partial charge in [-0.1, -0.05) is 48.9 Å². The first-order chi connectivity index (χ1) is 14.1. The first-order valence-electron chi connectivity index (χ1n) is 9.53.